The SMILES string of the molecule is FC(F)(F)C1(Br)C=CC=CC1. The summed E-state index contributed by atoms with van der Waals surface area (Å²) in [4.78, 5) is 0. The molecule has 0 amide bonds. The third kappa shape index (κ3) is 1.67. The van der Waals surface area contributed by atoms with E-state index < -0.39 is 10.5 Å². The normalized spacial score (nSPS) is 30.9. The molecule has 0 fully saturated rings. The Morgan fingerprint density at radius 3 is 2.18 bits per heavy atom. The van der Waals surface area contributed by atoms with E-state index in [9.17, 15) is 13.2 Å². The lowest BCUT2D eigenvalue weighted by Gasteiger charge is -2.26. The van der Waals surface area contributed by atoms with Crippen molar-refractivity contribution < 1.29 is 13.2 Å². The second-order valence-corrected chi connectivity index (χ2v) is 3.77. The van der Waals surface area contributed by atoms with Crippen LogP contribution < -0.4 is 0 Å². The second kappa shape index (κ2) is 2.66. The van der Waals surface area contributed by atoms with Crippen molar-refractivity contribution in [2.24, 2.45) is 0 Å². The second-order valence-electron chi connectivity index (χ2n) is 2.35. The minimum Gasteiger partial charge on any atom is -0.169 e. The average molecular weight is 227 g/mol. The van der Waals surface area contributed by atoms with Crippen LogP contribution >= 0.6 is 15.9 Å². The largest absolute Gasteiger partial charge is 0.407 e. The van der Waals surface area contributed by atoms with Crippen molar-refractivity contribution in [1.82, 2.24) is 0 Å². The molecule has 11 heavy (non-hydrogen) atoms. The van der Waals surface area contributed by atoms with Crippen LogP contribution in [0, 0.1) is 0 Å². The van der Waals surface area contributed by atoms with Crippen molar-refractivity contribution >= 4 is 15.9 Å². The van der Waals surface area contributed by atoms with Gasteiger partial charge in [0, 0.05) is 0 Å². The Bertz CT molecular complexity index is 204. The first-order valence-corrected chi connectivity index (χ1v) is 3.85. The third-order valence-electron chi connectivity index (χ3n) is 1.49. The molecule has 0 radical (unpaired) electrons. The zero-order valence-electron chi connectivity index (χ0n) is 5.53. The summed E-state index contributed by atoms with van der Waals surface area (Å²) in [5, 5.41) is 0. The van der Waals surface area contributed by atoms with Crippen LogP contribution in [-0.4, -0.2) is 10.5 Å². The molecule has 62 valence electrons. The van der Waals surface area contributed by atoms with Crippen LogP contribution in [0.2, 0.25) is 0 Å². The zero-order valence-corrected chi connectivity index (χ0v) is 7.11. The third-order valence-corrected chi connectivity index (χ3v) is 2.53. The van der Waals surface area contributed by atoms with Crippen molar-refractivity contribution in [2.45, 2.75) is 16.9 Å². The van der Waals surface area contributed by atoms with Crippen LogP contribution in [0.4, 0.5) is 13.2 Å². The van der Waals surface area contributed by atoms with Gasteiger partial charge >= 0.3 is 6.18 Å². The maximum absolute atomic E-state index is 12.2. The van der Waals surface area contributed by atoms with E-state index in [2.05, 4.69) is 15.9 Å². The van der Waals surface area contributed by atoms with Gasteiger partial charge in [-0.05, 0) is 6.42 Å². The van der Waals surface area contributed by atoms with Gasteiger partial charge in [-0.25, -0.2) is 0 Å². The van der Waals surface area contributed by atoms with Crippen molar-refractivity contribution in [2.75, 3.05) is 0 Å². The Morgan fingerprint density at radius 2 is 1.91 bits per heavy atom. The van der Waals surface area contributed by atoms with Crippen LogP contribution in [0.15, 0.2) is 24.3 Å². The van der Waals surface area contributed by atoms with Crippen LogP contribution in [0.25, 0.3) is 0 Å². The van der Waals surface area contributed by atoms with Gasteiger partial charge in [0.25, 0.3) is 0 Å². The molecule has 1 rings (SSSR count). The summed E-state index contributed by atoms with van der Waals surface area (Å²) in [6.45, 7) is 0. The van der Waals surface area contributed by atoms with E-state index in [1.165, 1.54) is 12.2 Å². The summed E-state index contributed by atoms with van der Waals surface area (Å²) in [7, 11) is 0. The Hall–Kier alpha value is -0.250. The van der Waals surface area contributed by atoms with Crippen LogP contribution in [0.5, 0.6) is 0 Å². The lowest BCUT2D eigenvalue weighted by Crippen LogP contribution is -2.37. The summed E-state index contributed by atoms with van der Waals surface area (Å²) in [6.07, 6.45) is 1.35. The molecule has 0 N–H and O–H groups in total. The Balaban J connectivity index is 2.84. The molecule has 0 saturated carbocycles. The zero-order chi connectivity index (χ0) is 8.54. The average Bonchev–Trinajstić information content (AvgIpc) is 1.87. The highest BCUT2D eigenvalue weighted by atomic mass is 79.9. The first kappa shape index (κ1) is 8.84. The van der Waals surface area contributed by atoms with Gasteiger partial charge in [-0.15, -0.1) is 0 Å². The maximum atomic E-state index is 12.2. The van der Waals surface area contributed by atoms with E-state index in [0.717, 1.165) is 6.08 Å². The molecule has 1 aliphatic rings. The minimum atomic E-state index is -4.21. The number of hydrogen-bond donors (Lipinski definition) is 0. The predicted octanol–water partition coefficient (Wildman–Crippen LogP) is 3.20. The summed E-state index contributed by atoms with van der Waals surface area (Å²) in [5.74, 6) is 0. The van der Waals surface area contributed by atoms with Gasteiger partial charge in [-0.2, -0.15) is 13.2 Å². The summed E-state index contributed by atoms with van der Waals surface area (Å²) >= 11 is 2.65. The standard InChI is InChI=1S/C7H6BrF3/c8-6(7(9,10)11)4-2-1-3-5-6/h1-4H,5H2. The summed E-state index contributed by atoms with van der Waals surface area (Å²) in [6, 6.07) is 0. The lowest BCUT2D eigenvalue weighted by atomic mass is 10.0. The van der Waals surface area contributed by atoms with Crippen molar-refractivity contribution in [3.05, 3.63) is 24.3 Å². The first-order chi connectivity index (χ1) is 4.96. The highest BCUT2D eigenvalue weighted by molar-refractivity contribution is 9.10. The van der Waals surface area contributed by atoms with E-state index in [0.29, 0.717) is 0 Å². The van der Waals surface area contributed by atoms with Crippen molar-refractivity contribution in [3.8, 4) is 0 Å². The molecule has 0 aromatic carbocycles. The highest BCUT2D eigenvalue weighted by Gasteiger charge is 2.50. The van der Waals surface area contributed by atoms with Gasteiger partial charge < -0.3 is 0 Å². The molecule has 0 aliphatic heterocycles. The van der Waals surface area contributed by atoms with E-state index in [-0.39, 0.29) is 6.42 Å². The summed E-state index contributed by atoms with van der Waals surface area (Å²) in [5.41, 5.74) is 0. The molecule has 0 nitrogen and oxygen atoms in total. The minimum absolute atomic E-state index is 0.0347. The predicted molar refractivity (Wildman–Crippen MR) is 40.6 cm³/mol. The molecule has 0 aromatic rings. The molecule has 0 spiro atoms. The Morgan fingerprint density at radius 1 is 1.27 bits per heavy atom. The van der Waals surface area contributed by atoms with Crippen LogP contribution in [-0.2, 0) is 0 Å². The van der Waals surface area contributed by atoms with Gasteiger partial charge in [0.1, 0.15) is 4.32 Å². The van der Waals surface area contributed by atoms with Gasteiger partial charge in [0.15, 0.2) is 0 Å². The quantitative estimate of drug-likeness (QED) is 0.557. The number of rotatable bonds is 0. The molecule has 0 aromatic heterocycles. The molecule has 0 saturated heterocycles. The highest BCUT2D eigenvalue weighted by Crippen LogP contribution is 2.43. The molecular weight excluding hydrogens is 221 g/mol. The Kier molecular flexibility index (Phi) is 2.14. The Labute approximate surface area is 70.9 Å². The fraction of sp³-hybridized carbons (Fsp3) is 0.429. The van der Waals surface area contributed by atoms with Crippen molar-refractivity contribution in [3.63, 3.8) is 0 Å². The van der Waals surface area contributed by atoms with Gasteiger partial charge in [-0.1, -0.05) is 40.2 Å². The summed E-state index contributed by atoms with van der Waals surface area (Å²) < 4.78 is 34.7. The maximum Gasteiger partial charge on any atom is 0.407 e. The molecule has 1 atom stereocenters. The molecule has 1 unspecified atom stereocenters. The fourth-order valence-electron chi connectivity index (χ4n) is 0.804. The fourth-order valence-corrected chi connectivity index (χ4v) is 1.14. The molecule has 0 bridgehead atoms. The smallest absolute Gasteiger partial charge is 0.169 e. The van der Waals surface area contributed by atoms with E-state index in [1.54, 1.807) is 6.08 Å². The van der Waals surface area contributed by atoms with E-state index in [1.807, 2.05) is 0 Å². The monoisotopic (exact) mass is 226 g/mol. The topological polar surface area (TPSA) is 0 Å². The molecule has 0 heterocycles. The number of alkyl halides is 4. The van der Waals surface area contributed by atoms with Gasteiger partial charge in [-0.3, -0.25) is 0 Å². The van der Waals surface area contributed by atoms with Crippen LogP contribution in [0.1, 0.15) is 6.42 Å². The first-order valence-electron chi connectivity index (χ1n) is 3.06. The van der Waals surface area contributed by atoms with Gasteiger partial charge in [0.2, 0.25) is 0 Å². The van der Waals surface area contributed by atoms with E-state index >= 15 is 0 Å². The van der Waals surface area contributed by atoms with Gasteiger partial charge in [0.05, 0.1) is 0 Å². The van der Waals surface area contributed by atoms with E-state index in [4.69, 9.17) is 0 Å². The molecule has 1 aliphatic carbocycles. The lowest BCUT2D eigenvalue weighted by molar-refractivity contribution is -0.145. The molecule has 4 heteroatoms. The number of halogens is 4. The number of allylic oxidation sites excluding steroid dienone is 4. The van der Waals surface area contributed by atoms with Crippen molar-refractivity contribution in [1.29, 1.82) is 0 Å². The number of hydrogen-bond acceptors (Lipinski definition) is 0. The van der Waals surface area contributed by atoms with Crippen LogP contribution in [0.3, 0.4) is 0 Å². The molecular formula is C7H6BrF3.